The van der Waals surface area contributed by atoms with Gasteiger partial charge < -0.3 is 14.7 Å². The maximum absolute atomic E-state index is 11.1. The molecule has 0 amide bonds. The number of anilines is 1. The molecule has 0 bridgehead atoms. The normalized spacial score (nSPS) is 15.6. The Morgan fingerprint density at radius 3 is 2.28 bits per heavy atom. The Morgan fingerprint density at radius 2 is 1.56 bits per heavy atom. The van der Waals surface area contributed by atoms with Crippen LogP contribution in [0.15, 0.2) is 72.8 Å². The number of hydrogen-bond donors (Lipinski definition) is 1. The topological polar surface area (TPSA) is 49.8 Å². The Kier molecular flexibility index (Phi) is 3.65. The molecule has 1 aliphatic rings. The zero-order valence-electron chi connectivity index (χ0n) is 13.7. The lowest BCUT2D eigenvalue weighted by Crippen LogP contribution is -2.24. The Labute approximate surface area is 145 Å². The van der Waals surface area contributed by atoms with Crippen molar-refractivity contribution in [3.8, 4) is 11.5 Å². The first-order valence-electron chi connectivity index (χ1n) is 8.07. The van der Waals surface area contributed by atoms with E-state index in [-0.39, 0.29) is 11.6 Å². The van der Waals surface area contributed by atoms with Crippen molar-refractivity contribution in [3.63, 3.8) is 0 Å². The third-order valence-corrected chi connectivity index (χ3v) is 4.54. The lowest BCUT2D eigenvalue weighted by atomic mass is 9.95. The van der Waals surface area contributed by atoms with Crippen molar-refractivity contribution in [2.24, 2.45) is 0 Å². The molecular formula is C21H17NO3. The molecule has 4 rings (SSSR count). The van der Waals surface area contributed by atoms with E-state index in [0.29, 0.717) is 0 Å². The highest BCUT2D eigenvalue weighted by molar-refractivity contribution is 5.87. The van der Waals surface area contributed by atoms with E-state index in [0.717, 1.165) is 28.3 Å². The van der Waals surface area contributed by atoms with Gasteiger partial charge >= 0.3 is 5.97 Å². The smallest absolute Gasteiger partial charge is 0.335 e. The maximum Gasteiger partial charge on any atom is 0.335 e. The van der Waals surface area contributed by atoms with Gasteiger partial charge in [0.15, 0.2) is 5.75 Å². The molecule has 0 radical (unpaired) electrons. The maximum atomic E-state index is 11.1. The standard InChI is InChI=1S/C21H17NO3/c1-22-17-7-3-5-9-19(17)25-18-8-4-2-6-16(18)20(22)14-10-12-15(13-11-14)21(23)24/h2-13,20H,1H3,(H,23,24). The second-order valence-electron chi connectivity index (χ2n) is 6.05. The SMILES string of the molecule is CN1c2ccccc2Oc2ccccc2C1c1ccc(C(=O)O)cc1. The van der Waals surface area contributed by atoms with Crippen molar-refractivity contribution in [1.29, 1.82) is 0 Å². The van der Waals surface area contributed by atoms with E-state index < -0.39 is 5.97 Å². The summed E-state index contributed by atoms with van der Waals surface area (Å²) in [4.78, 5) is 13.3. The van der Waals surface area contributed by atoms with Crippen LogP contribution in [-0.4, -0.2) is 18.1 Å². The molecule has 4 heteroatoms. The molecule has 1 aliphatic heterocycles. The summed E-state index contributed by atoms with van der Waals surface area (Å²) in [6, 6.07) is 22.8. The van der Waals surface area contributed by atoms with Crippen molar-refractivity contribution in [2.75, 3.05) is 11.9 Å². The highest BCUT2D eigenvalue weighted by atomic mass is 16.5. The van der Waals surface area contributed by atoms with Gasteiger partial charge in [0, 0.05) is 12.6 Å². The number of fused-ring (bicyclic) bond motifs is 2. The minimum atomic E-state index is -0.921. The van der Waals surface area contributed by atoms with Gasteiger partial charge in [-0.15, -0.1) is 0 Å². The van der Waals surface area contributed by atoms with Gasteiger partial charge in [0.1, 0.15) is 5.75 Å². The molecular weight excluding hydrogens is 314 g/mol. The van der Waals surface area contributed by atoms with Crippen LogP contribution < -0.4 is 9.64 Å². The fourth-order valence-corrected chi connectivity index (χ4v) is 3.31. The largest absolute Gasteiger partial charge is 0.478 e. The van der Waals surface area contributed by atoms with Crippen LogP contribution in [0.4, 0.5) is 5.69 Å². The molecule has 0 saturated carbocycles. The summed E-state index contributed by atoms with van der Waals surface area (Å²) in [6.07, 6.45) is 0. The van der Waals surface area contributed by atoms with Crippen LogP contribution in [0, 0.1) is 0 Å². The molecule has 1 atom stereocenters. The van der Waals surface area contributed by atoms with Crippen LogP contribution in [0.5, 0.6) is 11.5 Å². The fourth-order valence-electron chi connectivity index (χ4n) is 3.31. The number of para-hydroxylation sites is 3. The van der Waals surface area contributed by atoms with Gasteiger partial charge in [-0.1, -0.05) is 42.5 Å². The van der Waals surface area contributed by atoms with E-state index >= 15 is 0 Å². The summed E-state index contributed by atoms with van der Waals surface area (Å²) < 4.78 is 6.15. The Balaban J connectivity index is 1.89. The molecule has 124 valence electrons. The summed E-state index contributed by atoms with van der Waals surface area (Å²) in [5, 5.41) is 9.14. The van der Waals surface area contributed by atoms with E-state index in [9.17, 15) is 4.79 Å². The van der Waals surface area contributed by atoms with Gasteiger partial charge in [-0.05, 0) is 35.9 Å². The van der Waals surface area contributed by atoms with Crippen LogP contribution in [0.3, 0.4) is 0 Å². The third kappa shape index (κ3) is 2.62. The Morgan fingerprint density at radius 1 is 0.920 bits per heavy atom. The van der Waals surface area contributed by atoms with Crippen LogP contribution in [-0.2, 0) is 0 Å². The summed E-state index contributed by atoms with van der Waals surface area (Å²) in [6.45, 7) is 0. The molecule has 3 aromatic rings. The van der Waals surface area contributed by atoms with Gasteiger partial charge in [-0.25, -0.2) is 4.79 Å². The van der Waals surface area contributed by atoms with Crippen molar-refractivity contribution in [3.05, 3.63) is 89.5 Å². The minimum absolute atomic E-state index is 0.0669. The van der Waals surface area contributed by atoms with E-state index in [1.807, 2.05) is 67.7 Å². The number of ether oxygens (including phenoxy) is 1. The van der Waals surface area contributed by atoms with Gasteiger partial charge in [-0.3, -0.25) is 0 Å². The second kappa shape index (κ2) is 5.98. The molecule has 1 N–H and O–H groups in total. The number of nitrogens with zero attached hydrogens (tertiary/aromatic N) is 1. The number of aromatic carboxylic acids is 1. The lowest BCUT2D eigenvalue weighted by Gasteiger charge is -2.29. The van der Waals surface area contributed by atoms with Crippen LogP contribution >= 0.6 is 0 Å². The average molecular weight is 331 g/mol. The van der Waals surface area contributed by atoms with E-state index in [2.05, 4.69) is 4.90 Å². The molecule has 1 heterocycles. The van der Waals surface area contributed by atoms with Crippen LogP contribution in [0.2, 0.25) is 0 Å². The number of carbonyl (C=O) groups is 1. The van der Waals surface area contributed by atoms with Gasteiger partial charge in [0.05, 0.1) is 17.3 Å². The second-order valence-corrected chi connectivity index (χ2v) is 6.05. The third-order valence-electron chi connectivity index (χ3n) is 4.54. The van der Waals surface area contributed by atoms with Gasteiger partial charge in [0.2, 0.25) is 0 Å². The van der Waals surface area contributed by atoms with Crippen LogP contribution in [0.1, 0.15) is 27.5 Å². The van der Waals surface area contributed by atoms with Crippen molar-refractivity contribution in [2.45, 2.75) is 6.04 Å². The summed E-state index contributed by atoms with van der Waals surface area (Å²) >= 11 is 0. The van der Waals surface area contributed by atoms with Crippen LogP contribution in [0.25, 0.3) is 0 Å². The fraction of sp³-hybridized carbons (Fsp3) is 0.0952. The number of hydrogen-bond acceptors (Lipinski definition) is 3. The lowest BCUT2D eigenvalue weighted by molar-refractivity contribution is 0.0697. The number of benzene rings is 3. The quantitative estimate of drug-likeness (QED) is 0.738. The molecule has 0 aromatic heterocycles. The number of carboxylic acid groups (broad SMARTS) is 1. The van der Waals surface area contributed by atoms with Crippen molar-refractivity contribution >= 4 is 11.7 Å². The highest BCUT2D eigenvalue weighted by Gasteiger charge is 2.28. The summed E-state index contributed by atoms with van der Waals surface area (Å²) in [5.41, 5.74) is 3.33. The van der Waals surface area contributed by atoms with E-state index in [4.69, 9.17) is 9.84 Å². The first kappa shape index (κ1) is 15.3. The minimum Gasteiger partial charge on any atom is -0.478 e. The number of carboxylic acids is 1. The molecule has 4 nitrogen and oxygen atoms in total. The van der Waals surface area contributed by atoms with Crippen molar-refractivity contribution in [1.82, 2.24) is 0 Å². The monoisotopic (exact) mass is 331 g/mol. The Bertz CT molecular complexity index is 934. The Hall–Kier alpha value is -3.27. The predicted octanol–water partition coefficient (Wildman–Crippen LogP) is 4.72. The average Bonchev–Trinajstić information content (AvgIpc) is 2.76. The van der Waals surface area contributed by atoms with Gasteiger partial charge in [-0.2, -0.15) is 0 Å². The first-order chi connectivity index (χ1) is 12.1. The first-order valence-corrected chi connectivity index (χ1v) is 8.07. The van der Waals surface area contributed by atoms with E-state index in [1.54, 1.807) is 12.1 Å². The predicted molar refractivity (Wildman–Crippen MR) is 96.6 cm³/mol. The van der Waals surface area contributed by atoms with Gasteiger partial charge in [0.25, 0.3) is 0 Å². The molecule has 0 fully saturated rings. The number of rotatable bonds is 2. The summed E-state index contributed by atoms with van der Waals surface area (Å²) in [5.74, 6) is 0.698. The molecule has 3 aromatic carbocycles. The van der Waals surface area contributed by atoms with E-state index in [1.165, 1.54) is 0 Å². The van der Waals surface area contributed by atoms with Crippen molar-refractivity contribution < 1.29 is 14.6 Å². The highest BCUT2D eigenvalue weighted by Crippen LogP contribution is 2.45. The zero-order valence-corrected chi connectivity index (χ0v) is 13.7. The molecule has 0 spiro atoms. The molecule has 1 unspecified atom stereocenters. The molecule has 0 aliphatic carbocycles. The molecule has 25 heavy (non-hydrogen) atoms. The molecule has 0 saturated heterocycles. The zero-order chi connectivity index (χ0) is 17.4. The summed E-state index contributed by atoms with van der Waals surface area (Å²) in [7, 11) is 2.03.